The van der Waals surface area contributed by atoms with Gasteiger partial charge in [0, 0.05) is 11.5 Å². The Kier molecular flexibility index (Phi) is 4.78. The summed E-state index contributed by atoms with van der Waals surface area (Å²) in [6, 6.07) is 3.50. The summed E-state index contributed by atoms with van der Waals surface area (Å²) in [5.41, 5.74) is 0. The van der Waals surface area contributed by atoms with E-state index in [9.17, 15) is 4.79 Å². The van der Waals surface area contributed by atoms with Crippen LogP contribution in [0.3, 0.4) is 0 Å². The first-order chi connectivity index (χ1) is 7.17. The van der Waals surface area contributed by atoms with Crippen molar-refractivity contribution >= 4 is 17.3 Å². The Hall–Kier alpha value is -0.870. The maximum atomic E-state index is 10.6. The number of aromatic carboxylic acids is 1. The van der Waals surface area contributed by atoms with Crippen molar-refractivity contribution in [2.75, 3.05) is 6.61 Å². The minimum atomic E-state index is -0.861. The summed E-state index contributed by atoms with van der Waals surface area (Å²) >= 11 is 1.32. The fraction of sp³-hybridized carbons (Fsp3) is 0.545. The van der Waals surface area contributed by atoms with Gasteiger partial charge in [-0.3, -0.25) is 0 Å². The van der Waals surface area contributed by atoms with E-state index in [2.05, 4.69) is 6.92 Å². The molecule has 1 atom stereocenters. The van der Waals surface area contributed by atoms with Crippen molar-refractivity contribution in [2.24, 2.45) is 5.92 Å². The van der Waals surface area contributed by atoms with Gasteiger partial charge >= 0.3 is 5.97 Å². The molecule has 0 saturated heterocycles. The average molecular weight is 228 g/mol. The quantitative estimate of drug-likeness (QED) is 0.786. The van der Waals surface area contributed by atoms with E-state index in [-0.39, 0.29) is 6.61 Å². The number of carboxylic acid groups (broad SMARTS) is 1. The number of hydrogen-bond donors (Lipinski definition) is 2. The topological polar surface area (TPSA) is 57.5 Å². The van der Waals surface area contributed by atoms with E-state index in [0.717, 1.165) is 24.1 Å². The molecule has 1 aromatic heterocycles. The number of hydrogen-bond acceptors (Lipinski definition) is 3. The smallest absolute Gasteiger partial charge is 0.345 e. The molecule has 1 aromatic rings. The molecule has 1 rings (SSSR count). The molecule has 0 bridgehead atoms. The number of aryl methyl sites for hydroxylation is 1. The Balaban J connectivity index is 2.47. The molecular weight excluding hydrogens is 212 g/mol. The summed E-state index contributed by atoms with van der Waals surface area (Å²) in [6.45, 7) is 2.27. The molecule has 0 fully saturated rings. The number of rotatable bonds is 6. The third-order valence-electron chi connectivity index (χ3n) is 2.51. The molecule has 0 aliphatic carbocycles. The number of aliphatic hydroxyl groups excluding tert-OH is 1. The first kappa shape index (κ1) is 12.2. The molecule has 0 aliphatic rings. The van der Waals surface area contributed by atoms with Crippen LogP contribution in [0.15, 0.2) is 12.1 Å². The summed E-state index contributed by atoms with van der Waals surface area (Å²) in [6.07, 6.45) is 2.75. The van der Waals surface area contributed by atoms with Crippen LogP contribution in [0.5, 0.6) is 0 Å². The Labute approximate surface area is 93.4 Å². The van der Waals surface area contributed by atoms with Crippen LogP contribution in [0, 0.1) is 5.92 Å². The van der Waals surface area contributed by atoms with Gasteiger partial charge in [-0.05, 0) is 30.9 Å². The molecule has 0 aromatic carbocycles. The van der Waals surface area contributed by atoms with Crippen LogP contribution in [0.1, 0.15) is 34.3 Å². The molecule has 0 spiro atoms. The first-order valence-electron chi connectivity index (χ1n) is 5.10. The molecule has 1 unspecified atom stereocenters. The van der Waals surface area contributed by atoms with Crippen LogP contribution in [0.25, 0.3) is 0 Å². The SMILES string of the molecule is CCC(CO)CCc1ccc(C(=O)O)s1. The summed E-state index contributed by atoms with van der Waals surface area (Å²) in [7, 11) is 0. The van der Waals surface area contributed by atoms with Crippen molar-refractivity contribution in [3.05, 3.63) is 21.9 Å². The number of carboxylic acids is 1. The van der Waals surface area contributed by atoms with E-state index in [1.54, 1.807) is 6.07 Å². The average Bonchev–Trinajstić information content (AvgIpc) is 2.68. The lowest BCUT2D eigenvalue weighted by Crippen LogP contribution is -2.05. The van der Waals surface area contributed by atoms with E-state index in [1.165, 1.54) is 11.3 Å². The molecule has 1 heterocycles. The van der Waals surface area contributed by atoms with Crippen molar-refractivity contribution in [3.8, 4) is 0 Å². The molecule has 2 N–H and O–H groups in total. The fourth-order valence-corrected chi connectivity index (χ4v) is 2.26. The van der Waals surface area contributed by atoms with Crippen molar-refractivity contribution in [2.45, 2.75) is 26.2 Å². The highest BCUT2D eigenvalue weighted by molar-refractivity contribution is 7.13. The van der Waals surface area contributed by atoms with E-state index >= 15 is 0 Å². The van der Waals surface area contributed by atoms with Gasteiger partial charge in [0.25, 0.3) is 0 Å². The van der Waals surface area contributed by atoms with Gasteiger partial charge in [-0.15, -0.1) is 11.3 Å². The van der Waals surface area contributed by atoms with Crippen LogP contribution >= 0.6 is 11.3 Å². The summed E-state index contributed by atoms with van der Waals surface area (Å²) in [5, 5.41) is 17.7. The lowest BCUT2D eigenvalue weighted by molar-refractivity contribution is 0.0702. The molecule has 15 heavy (non-hydrogen) atoms. The summed E-state index contributed by atoms with van der Waals surface area (Å²) in [5.74, 6) is -0.527. The Morgan fingerprint density at radius 3 is 2.73 bits per heavy atom. The minimum Gasteiger partial charge on any atom is -0.477 e. The van der Waals surface area contributed by atoms with Crippen molar-refractivity contribution in [1.82, 2.24) is 0 Å². The van der Waals surface area contributed by atoms with Gasteiger partial charge in [0.05, 0.1) is 0 Å². The third-order valence-corrected chi connectivity index (χ3v) is 3.64. The second-order valence-electron chi connectivity index (χ2n) is 3.57. The third kappa shape index (κ3) is 3.64. The van der Waals surface area contributed by atoms with Crippen LogP contribution in [0.4, 0.5) is 0 Å². The molecule has 4 heteroatoms. The zero-order valence-electron chi connectivity index (χ0n) is 8.77. The van der Waals surface area contributed by atoms with E-state index in [4.69, 9.17) is 10.2 Å². The molecule has 0 aliphatic heterocycles. The van der Waals surface area contributed by atoms with E-state index in [1.807, 2.05) is 6.07 Å². The van der Waals surface area contributed by atoms with E-state index in [0.29, 0.717) is 10.8 Å². The molecule has 3 nitrogen and oxygen atoms in total. The molecule has 0 radical (unpaired) electrons. The Bertz CT molecular complexity index is 315. The fourth-order valence-electron chi connectivity index (χ4n) is 1.40. The van der Waals surface area contributed by atoms with Gasteiger partial charge in [0.2, 0.25) is 0 Å². The molecule has 0 saturated carbocycles. The van der Waals surface area contributed by atoms with Gasteiger partial charge in [0.1, 0.15) is 4.88 Å². The van der Waals surface area contributed by atoms with E-state index < -0.39 is 5.97 Å². The van der Waals surface area contributed by atoms with Crippen LogP contribution in [0.2, 0.25) is 0 Å². The predicted octanol–water partition coefficient (Wildman–Crippen LogP) is 2.40. The normalized spacial score (nSPS) is 12.7. The monoisotopic (exact) mass is 228 g/mol. The standard InChI is InChI=1S/C11H16O3S/c1-2-8(7-12)3-4-9-5-6-10(15-9)11(13)14/h5-6,8,12H,2-4,7H2,1H3,(H,13,14). The number of carbonyl (C=O) groups is 1. The van der Waals surface area contributed by atoms with Crippen molar-refractivity contribution in [1.29, 1.82) is 0 Å². The highest BCUT2D eigenvalue weighted by Gasteiger charge is 2.09. The van der Waals surface area contributed by atoms with Gasteiger partial charge in [-0.1, -0.05) is 13.3 Å². The summed E-state index contributed by atoms with van der Waals surface area (Å²) < 4.78 is 0. The lowest BCUT2D eigenvalue weighted by Gasteiger charge is -2.09. The first-order valence-corrected chi connectivity index (χ1v) is 5.91. The minimum absolute atomic E-state index is 0.216. The molecular formula is C11H16O3S. The lowest BCUT2D eigenvalue weighted by atomic mass is 10.0. The van der Waals surface area contributed by atoms with Crippen molar-refractivity contribution in [3.63, 3.8) is 0 Å². The van der Waals surface area contributed by atoms with Crippen molar-refractivity contribution < 1.29 is 15.0 Å². The maximum absolute atomic E-state index is 10.6. The summed E-state index contributed by atoms with van der Waals surface area (Å²) in [4.78, 5) is 12.1. The largest absolute Gasteiger partial charge is 0.477 e. The van der Waals surface area contributed by atoms with Crippen LogP contribution < -0.4 is 0 Å². The zero-order chi connectivity index (χ0) is 11.3. The second kappa shape index (κ2) is 5.88. The highest BCUT2D eigenvalue weighted by atomic mass is 32.1. The van der Waals surface area contributed by atoms with Crippen LogP contribution in [-0.4, -0.2) is 22.8 Å². The Morgan fingerprint density at radius 2 is 2.27 bits per heavy atom. The van der Waals surface area contributed by atoms with Gasteiger partial charge in [-0.25, -0.2) is 4.79 Å². The van der Waals surface area contributed by atoms with Gasteiger partial charge in [0.15, 0.2) is 0 Å². The maximum Gasteiger partial charge on any atom is 0.345 e. The zero-order valence-corrected chi connectivity index (χ0v) is 9.59. The molecule has 0 amide bonds. The predicted molar refractivity (Wildman–Crippen MR) is 60.5 cm³/mol. The van der Waals surface area contributed by atoms with Gasteiger partial charge < -0.3 is 10.2 Å². The van der Waals surface area contributed by atoms with Gasteiger partial charge in [-0.2, -0.15) is 0 Å². The number of thiophene rings is 1. The second-order valence-corrected chi connectivity index (χ2v) is 4.73. The Morgan fingerprint density at radius 1 is 1.53 bits per heavy atom. The highest BCUT2D eigenvalue weighted by Crippen LogP contribution is 2.20. The number of aliphatic hydroxyl groups is 1. The molecule has 84 valence electrons. The van der Waals surface area contributed by atoms with Crippen LogP contribution in [-0.2, 0) is 6.42 Å².